The fourth-order valence-electron chi connectivity index (χ4n) is 1.05. The van der Waals surface area contributed by atoms with Crippen LogP contribution in [0.2, 0.25) is 0 Å². The molecule has 0 aliphatic heterocycles. The molecule has 14 heavy (non-hydrogen) atoms. The molecule has 0 heterocycles. The maximum absolute atomic E-state index is 10.6. The van der Waals surface area contributed by atoms with Crippen LogP contribution in [0, 0.1) is 0 Å². The van der Waals surface area contributed by atoms with Gasteiger partial charge in [0.1, 0.15) is 0 Å². The lowest BCUT2D eigenvalue weighted by atomic mass is 10.2. The second kappa shape index (κ2) is 4.90. The molecule has 0 atom stereocenters. The molecular weight excluding hydrogens is 263 g/mol. The van der Waals surface area contributed by atoms with Gasteiger partial charge in [-0.25, -0.2) is 4.79 Å². The highest BCUT2D eigenvalue weighted by molar-refractivity contribution is 7.80. The molecule has 0 bridgehead atoms. The zero-order chi connectivity index (χ0) is 10.1. The molecular formula is C10H14BrO2P. The van der Waals surface area contributed by atoms with Crippen LogP contribution in [0.1, 0.15) is 10.4 Å². The second-order valence-electron chi connectivity index (χ2n) is 3.86. The van der Waals surface area contributed by atoms with E-state index in [0.29, 0.717) is 5.56 Å². The van der Waals surface area contributed by atoms with Gasteiger partial charge >= 0.3 is 5.97 Å². The van der Waals surface area contributed by atoms with E-state index >= 15 is 0 Å². The maximum Gasteiger partial charge on any atom is 0.335 e. The lowest BCUT2D eigenvalue weighted by molar-refractivity contribution is -0.0000184. The van der Waals surface area contributed by atoms with Crippen molar-refractivity contribution < 1.29 is 26.9 Å². The van der Waals surface area contributed by atoms with Crippen LogP contribution >= 0.6 is 7.26 Å². The van der Waals surface area contributed by atoms with Crippen LogP contribution in [0.3, 0.4) is 0 Å². The summed E-state index contributed by atoms with van der Waals surface area (Å²) in [4.78, 5) is 10.6. The van der Waals surface area contributed by atoms with Crippen LogP contribution in [0.25, 0.3) is 0 Å². The highest BCUT2D eigenvalue weighted by Gasteiger charge is 2.20. The van der Waals surface area contributed by atoms with Gasteiger partial charge in [-0.1, -0.05) is 0 Å². The van der Waals surface area contributed by atoms with Crippen molar-refractivity contribution in [3.05, 3.63) is 29.8 Å². The van der Waals surface area contributed by atoms with Gasteiger partial charge in [0.2, 0.25) is 0 Å². The predicted molar refractivity (Wildman–Crippen MR) is 57.7 cm³/mol. The summed E-state index contributed by atoms with van der Waals surface area (Å²) in [5.74, 6) is -0.862. The van der Waals surface area contributed by atoms with E-state index in [9.17, 15) is 4.79 Å². The van der Waals surface area contributed by atoms with E-state index in [1.807, 2.05) is 12.1 Å². The Bertz CT molecular complexity index is 314. The normalized spacial score (nSPS) is 10.5. The third-order valence-electron chi connectivity index (χ3n) is 1.89. The number of carboxylic acids is 1. The number of hydrogen-bond acceptors (Lipinski definition) is 1. The van der Waals surface area contributed by atoms with Gasteiger partial charge in [-0.05, 0) is 24.3 Å². The van der Waals surface area contributed by atoms with Gasteiger partial charge in [0.15, 0.2) is 0 Å². The van der Waals surface area contributed by atoms with Gasteiger partial charge in [-0.15, -0.1) is 0 Å². The SMILES string of the molecule is C[P+](C)(C)c1ccc(C(=O)O)cc1.[Br-]. The summed E-state index contributed by atoms with van der Waals surface area (Å²) in [6.45, 7) is 6.63. The fraction of sp³-hybridized carbons (Fsp3) is 0.300. The first-order valence-electron chi connectivity index (χ1n) is 4.06. The molecule has 0 aliphatic rings. The monoisotopic (exact) mass is 276 g/mol. The van der Waals surface area contributed by atoms with Crippen molar-refractivity contribution in [1.82, 2.24) is 0 Å². The highest BCUT2D eigenvalue weighted by atomic mass is 79.9. The summed E-state index contributed by atoms with van der Waals surface area (Å²) < 4.78 is 0. The van der Waals surface area contributed by atoms with E-state index in [-0.39, 0.29) is 17.0 Å². The van der Waals surface area contributed by atoms with Crippen LogP contribution in [-0.2, 0) is 0 Å². The lowest BCUT2D eigenvalue weighted by Gasteiger charge is -2.10. The first-order chi connectivity index (χ1) is 5.91. The first kappa shape index (κ1) is 13.6. The topological polar surface area (TPSA) is 37.3 Å². The van der Waals surface area contributed by atoms with E-state index in [2.05, 4.69) is 20.0 Å². The van der Waals surface area contributed by atoms with E-state index < -0.39 is 13.2 Å². The Morgan fingerprint density at radius 3 is 1.86 bits per heavy atom. The van der Waals surface area contributed by atoms with Crippen molar-refractivity contribution >= 4 is 18.5 Å². The van der Waals surface area contributed by atoms with Crippen LogP contribution < -0.4 is 22.3 Å². The molecule has 0 unspecified atom stereocenters. The van der Waals surface area contributed by atoms with Crippen molar-refractivity contribution in [2.24, 2.45) is 0 Å². The number of hydrogen-bond donors (Lipinski definition) is 1. The summed E-state index contributed by atoms with van der Waals surface area (Å²) in [5, 5.41) is 9.95. The van der Waals surface area contributed by atoms with Crippen molar-refractivity contribution in [2.75, 3.05) is 20.0 Å². The Labute approximate surface area is 95.4 Å². The van der Waals surface area contributed by atoms with Gasteiger partial charge in [0, 0.05) is 7.26 Å². The quantitative estimate of drug-likeness (QED) is 0.698. The number of carbonyl (C=O) groups is 1. The van der Waals surface area contributed by atoms with Crippen LogP contribution in [0.4, 0.5) is 0 Å². The Morgan fingerprint density at radius 2 is 1.57 bits per heavy atom. The van der Waals surface area contributed by atoms with Crippen LogP contribution in [0.5, 0.6) is 0 Å². The molecule has 0 aliphatic carbocycles. The summed E-state index contributed by atoms with van der Waals surface area (Å²) in [6, 6.07) is 7.17. The molecule has 78 valence electrons. The zero-order valence-corrected chi connectivity index (χ0v) is 11.0. The number of aromatic carboxylic acids is 1. The first-order valence-corrected chi connectivity index (χ1v) is 7.19. The molecule has 1 aromatic carbocycles. The number of carboxylic acid groups (broad SMARTS) is 1. The van der Waals surface area contributed by atoms with Gasteiger partial charge in [0.05, 0.1) is 30.9 Å². The van der Waals surface area contributed by atoms with Gasteiger partial charge in [-0.3, -0.25) is 0 Å². The smallest absolute Gasteiger partial charge is 0.335 e. The molecule has 0 aromatic heterocycles. The zero-order valence-electron chi connectivity index (χ0n) is 8.49. The van der Waals surface area contributed by atoms with Gasteiger partial charge in [-0.2, -0.15) is 0 Å². The molecule has 2 nitrogen and oxygen atoms in total. The Hall–Kier alpha value is -0.400. The standard InChI is InChI=1S/C10H13O2P.BrH/c1-13(2,3)9-6-4-8(5-7-9)10(11)12;/h4-7H,1-3H3;1H. The molecule has 1 N–H and O–H groups in total. The van der Waals surface area contributed by atoms with Gasteiger partial charge in [0.25, 0.3) is 0 Å². The largest absolute Gasteiger partial charge is 1.00 e. The minimum Gasteiger partial charge on any atom is -1.00 e. The molecule has 1 aromatic rings. The Kier molecular flexibility index (Phi) is 4.76. The van der Waals surface area contributed by atoms with E-state index in [1.54, 1.807) is 12.1 Å². The Morgan fingerprint density at radius 1 is 1.14 bits per heavy atom. The fourth-order valence-corrected chi connectivity index (χ4v) is 2.09. The van der Waals surface area contributed by atoms with Crippen LogP contribution in [0.15, 0.2) is 24.3 Å². The van der Waals surface area contributed by atoms with Crippen molar-refractivity contribution in [2.45, 2.75) is 0 Å². The average molecular weight is 277 g/mol. The summed E-state index contributed by atoms with van der Waals surface area (Å²) in [7, 11) is -1.01. The minimum absolute atomic E-state index is 0. The molecule has 0 fully saturated rings. The molecule has 0 radical (unpaired) electrons. The molecule has 0 spiro atoms. The summed E-state index contributed by atoms with van der Waals surface area (Å²) >= 11 is 0. The highest BCUT2D eigenvalue weighted by Crippen LogP contribution is 2.44. The van der Waals surface area contributed by atoms with Gasteiger partial charge < -0.3 is 22.1 Å². The number of benzene rings is 1. The van der Waals surface area contributed by atoms with E-state index in [1.165, 1.54) is 5.30 Å². The molecule has 0 amide bonds. The summed E-state index contributed by atoms with van der Waals surface area (Å²) in [5.41, 5.74) is 0.359. The van der Waals surface area contributed by atoms with Crippen molar-refractivity contribution in [3.8, 4) is 0 Å². The molecule has 0 saturated carbocycles. The molecule has 4 heteroatoms. The second-order valence-corrected chi connectivity index (χ2v) is 8.41. The minimum atomic E-state index is -1.01. The third-order valence-corrected chi connectivity index (χ3v) is 3.74. The lowest BCUT2D eigenvalue weighted by Crippen LogP contribution is -3.00. The van der Waals surface area contributed by atoms with Crippen molar-refractivity contribution in [1.29, 1.82) is 0 Å². The number of halogens is 1. The van der Waals surface area contributed by atoms with E-state index in [4.69, 9.17) is 5.11 Å². The Balaban J connectivity index is 0.00000169. The van der Waals surface area contributed by atoms with Crippen molar-refractivity contribution in [3.63, 3.8) is 0 Å². The summed E-state index contributed by atoms with van der Waals surface area (Å²) in [6.07, 6.45) is 0. The maximum atomic E-state index is 10.6. The average Bonchev–Trinajstić information content (AvgIpc) is 2.03. The number of rotatable bonds is 2. The molecule has 0 saturated heterocycles. The molecule has 1 rings (SSSR count). The van der Waals surface area contributed by atoms with Crippen LogP contribution in [-0.4, -0.2) is 31.1 Å². The third kappa shape index (κ3) is 3.39. The predicted octanol–water partition coefficient (Wildman–Crippen LogP) is -1.08. The van der Waals surface area contributed by atoms with E-state index in [0.717, 1.165) is 0 Å².